The van der Waals surface area contributed by atoms with Crippen LogP contribution in [0.1, 0.15) is 19.6 Å². The van der Waals surface area contributed by atoms with Crippen molar-refractivity contribution in [2.45, 2.75) is 13.8 Å². The van der Waals surface area contributed by atoms with Crippen LogP contribution in [0, 0.1) is 0 Å². The Kier molecular flexibility index (Phi) is 2.26. The molecule has 11 heavy (non-hydrogen) atoms. The topological polar surface area (TPSA) is 30.2 Å². The van der Waals surface area contributed by atoms with E-state index in [1.54, 1.807) is 12.1 Å². The molecule has 0 saturated heterocycles. The molecule has 0 aliphatic heterocycles. The van der Waals surface area contributed by atoms with E-state index in [4.69, 9.17) is 4.42 Å². The van der Waals surface area contributed by atoms with Crippen LogP contribution in [-0.4, -0.2) is 0 Å². The van der Waals surface area contributed by atoms with Gasteiger partial charge in [-0.1, -0.05) is 12.1 Å². The van der Waals surface area contributed by atoms with Crippen LogP contribution in [0.15, 0.2) is 33.5 Å². The van der Waals surface area contributed by atoms with E-state index >= 15 is 0 Å². The highest BCUT2D eigenvalue weighted by atomic mass is 16.4. The molecule has 0 radical (unpaired) electrons. The number of hydrogen-bond donors (Lipinski definition) is 0. The van der Waals surface area contributed by atoms with Crippen LogP contribution >= 0.6 is 0 Å². The van der Waals surface area contributed by atoms with Crippen LogP contribution in [0.3, 0.4) is 0 Å². The highest BCUT2D eigenvalue weighted by Gasteiger charge is 1.95. The Morgan fingerprint density at radius 3 is 2.82 bits per heavy atom. The van der Waals surface area contributed by atoms with E-state index in [0.29, 0.717) is 5.76 Å². The van der Waals surface area contributed by atoms with Crippen LogP contribution in [0.5, 0.6) is 0 Å². The Hall–Kier alpha value is -1.31. The number of rotatable bonds is 1. The molecule has 0 aliphatic carbocycles. The van der Waals surface area contributed by atoms with E-state index < -0.39 is 0 Å². The van der Waals surface area contributed by atoms with Crippen molar-refractivity contribution in [2.24, 2.45) is 0 Å². The molecule has 2 nitrogen and oxygen atoms in total. The predicted octanol–water partition coefficient (Wildman–Crippen LogP) is 2.06. The third-order valence-corrected chi connectivity index (χ3v) is 1.51. The zero-order valence-corrected chi connectivity index (χ0v) is 6.63. The molecule has 0 atom stereocenters. The highest BCUT2D eigenvalue weighted by molar-refractivity contribution is 5.57. The second-order valence-electron chi connectivity index (χ2n) is 2.28. The minimum absolute atomic E-state index is 0.302. The predicted molar refractivity (Wildman–Crippen MR) is 44.3 cm³/mol. The van der Waals surface area contributed by atoms with Gasteiger partial charge in [-0.25, -0.2) is 4.79 Å². The molecule has 0 saturated carbocycles. The van der Waals surface area contributed by atoms with E-state index in [1.807, 2.05) is 19.9 Å². The van der Waals surface area contributed by atoms with Crippen LogP contribution in [0.25, 0.3) is 5.57 Å². The van der Waals surface area contributed by atoms with Gasteiger partial charge in [-0.2, -0.15) is 0 Å². The molecule has 0 aromatic carbocycles. The lowest BCUT2D eigenvalue weighted by atomic mass is 10.2. The normalized spacial score (nSPS) is 11.6. The van der Waals surface area contributed by atoms with Gasteiger partial charge < -0.3 is 4.42 Å². The van der Waals surface area contributed by atoms with Gasteiger partial charge in [0.25, 0.3) is 0 Å². The van der Waals surface area contributed by atoms with Crippen LogP contribution < -0.4 is 5.63 Å². The van der Waals surface area contributed by atoms with Crippen molar-refractivity contribution in [3.05, 3.63) is 40.5 Å². The lowest BCUT2D eigenvalue weighted by Crippen LogP contribution is -1.96. The van der Waals surface area contributed by atoms with E-state index in [9.17, 15) is 4.79 Å². The summed E-state index contributed by atoms with van der Waals surface area (Å²) in [6.45, 7) is 3.81. The minimum atomic E-state index is -0.302. The first-order valence-corrected chi connectivity index (χ1v) is 3.47. The zero-order valence-electron chi connectivity index (χ0n) is 6.63. The van der Waals surface area contributed by atoms with Crippen LogP contribution in [-0.2, 0) is 0 Å². The van der Waals surface area contributed by atoms with Crippen molar-refractivity contribution in [3.8, 4) is 0 Å². The van der Waals surface area contributed by atoms with Gasteiger partial charge in [0.15, 0.2) is 0 Å². The Labute approximate surface area is 65.2 Å². The second-order valence-corrected chi connectivity index (χ2v) is 2.28. The fourth-order valence-corrected chi connectivity index (χ4v) is 0.745. The monoisotopic (exact) mass is 150 g/mol. The van der Waals surface area contributed by atoms with Gasteiger partial charge in [0.05, 0.1) is 0 Å². The van der Waals surface area contributed by atoms with E-state index in [1.165, 1.54) is 6.07 Å². The van der Waals surface area contributed by atoms with E-state index in [2.05, 4.69) is 0 Å². The first kappa shape index (κ1) is 7.79. The summed E-state index contributed by atoms with van der Waals surface area (Å²) in [5.41, 5.74) is 0.673. The van der Waals surface area contributed by atoms with Crippen molar-refractivity contribution in [3.63, 3.8) is 0 Å². The third-order valence-electron chi connectivity index (χ3n) is 1.51. The highest BCUT2D eigenvalue weighted by Crippen LogP contribution is 2.09. The average Bonchev–Trinajstić information content (AvgIpc) is 2.03. The number of allylic oxidation sites excluding steroid dienone is 2. The summed E-state index contributed by atoms with van der Waals surface area (Å²) in [5.74, 6) is 0.639. The maximum Gasteiger partial charge on any atom is 0.336 e. The lowest BCUT2D eigenvalue weighted by Gasteiger charge is -1.95. The average molecular weight is 150 g/mol. The minimum Gasteiger partial charge on any atom is -0.423 e. The summed E-state index contributed by atoms with van der Waals surface area (Å²) in [6, 6.07) is 4.86. The second kappa shape index (κ2) is 3.19. The Balaban J connectivity index is 3.16. The zero-order chi connectivity index (χ0) is 8.27. The summed E-state index contributed by atoms with van der Waals surface area (Å²) in [6.07, 6.45) is 1.90. The molecule has 0 fully saturated rings. The summed E-state index contributed by atoms with van der Waals surface area (Å²) >= 11 is 0. The molecule has 1 aromatic rings. The maximum absolute atomic E-state index is 10.7. The summed E-state index contributed by atoms with van der Waals surface area (Å²) < 4.78 is 4.91. The Morgan fingerprint density at radius 1 is 1.55 bits per heavy atom. The molecule has 58 valence electrons. The van der Waals surface area contributed by atoms with Crippen molar-refractivity contribution in [1.82, 2.24) is 0 Å². The SMILES string of the molecule is C/C=C(\C)c1cccc(=O)o1. The van der Waals surface area contributed by atoms with E-state index in [-0.39, 0.29) is 5.63 Å². The fourth-order valence-electron chi connectivity index (χ4n) is 0.745. The molecule has 1 heterocycles. The first-order valence-electron chi connectivity index (χ1n) is 3.47. The van der Waals surface area contributed by atoms with Crippen molar-refractivity contribution in [1.29, 1.82) is 0 Å². The van der Waals surface area contributed by atoms with Gasteiger partial charge in [-0.15, -0.1) is 0 Å². The van der Waals surface area contributed by atoms with Crippen molar-refractivity contribution in [2.75, 3.05) is 0 Å². The Bertz CT molecular complexity index is 320. The van der Waals surface area contributed by atoms with Gasteiger partial charge in [-0.05, 0) is 25.5 Å². The molecular formula is C9H10O2. The summed E-state index contributed by atoms with van der Waals surface area (Å²) in [4.78, 5) is 10.7. The third kappa shape index (κ3) is 1.80. The molecular weight excluding hydrogens is 140 g/mol. The molecule has 0 N–H and O–H groups in total. The smallest absolute Gasteiger partial charge is 0.336 e. The van der Waals surface area contributed by atoms with Crippen molar-refractivity contribution < 1.29 is 4.42 Å². The fraction of sp³-hybridized carbons (Fsp3) is 0.222. The first-order chi connectivity index (χ1) is 5.24. The molecule has 1 rings (SSSR count). The van der Waals surface area contributed by atoms with Crippen LogP contribution in [0.4, 0.5) is 0 Å². The molecule has 0 bridgehead atoms. The summed E-state index contributed by atoms with van der Waals surface area (Å²) in [5, 5.41) is 0. The van der Waals surface area contributed by atoms with Gasteiger partial charge in [0.1, 0.15) is 5.76 Å². The van der Waals surface area contributed by atoms with Crippen LogP contribution in [0.2, 0.25) is 0 Å². The summed E-state index contributed by atoms with van der Waals surface area (Å²) in [7, 11) is 0. The molecule has 2 heteroatoms. The molecule has 0 aliphatic rings. The largest absolute Gasteiger partial charge is 0.423 e. The van der Waals surface area contributed by atoms with Gasteiger partial charge in [-0.3, -0.25) is 0 Å². The molecule has 0 spiro atoms. The van der Waals surface area contributed by atoms with Gasteiger partial charge in [0, 0.05) is 6.07 Å². The number of hydrogen-bond acceptors (Lipinski definition) is 2. The lowest BCUT2D eigenvalue weighted by molar-refractivity contribution is 0.497. The maximum atomic E-state index is 10.7. The Morgan fingerprint density at radius 2 is 2.27 bits per heavy atom. The quantitative estimate of drug-likeness (QED) is 0.613. The van der Waals surface area contributed by atoms with E-state index in [0.717, 1.165) is 5.57 Å². The van der Waals surface area contributed by atoms with Gasteiger partial charge >= 0.3 is 5.63 Å². The van der Waals surface area contributed by atoms with Crippen molar-refractivity contribution >= 4 is 5.57 Å². The van der Waals surface area contributed by atoms with Gasteiger partial charge in [0.2, 0.25) is 0 Å². The molecule has 1 aromatic heterocycles. The molecule has 0 unspecified atom stereocenters. The molecule has 0 amide bonds. The standard InChI is InChI=1S/C9H10O2/c1-3-7(2)8-5-4-6-9(10)11-8/h3-6H,1-2H3/b7-3+.